The lowest BCUT2D eigenvalue weighted by Crippen LogP contribution is -2.37. The lowest BCUT2D eigenvalue weighted by Gasteiger charge is -2.16. The van der Waals surface area contributed by atoms with Gasteiger partial charge in [-0.3, -0.25) is 9.59 Å². The van der Waals surface area contributed by atoms with Crippen LogP contribution in [0.2, 0.25) is 0 Å². The zero-order chi connectivity index (χ0) is 14.9. The number of alkyl halides is 3. The van der Waals surface area contributed by atoms with Gasteiger partial charge in [-0.1, -0.05) is 39.0 Å². The van der Waals surface area contributed by atoms with Crippen LogP contribution >= 0.6 is 0 Å². The number of carbonyl (C=O) groups is 2. The first-order chi connectivity index (χ1) is 8.80. The summed E-state index contributed by atoms with van der Waals surface area (Å²) in [4.78, 5) is 22.0. The maximum Gasteiger partial charge on any atom is 0.409 e. The van der Waals surface area contributed by atoms with Crippen LogP contribution in [0.3, 0.4) is 0 Å². The van der Waals surface area contributed by atoms with Crippen molar-refractivity contribution in [1.82, 2.24) is 0 Å². The molecule has 0 aliphatic rings. The molecular formula is C13H21F3O3. The van der Waals surface area contributed by atoms with Crippen molar-refractivity contribution in [1.29, 1.82) is 0 Å². The van der Waals surface area contributed by atoms with Gasteiger partial charge >= 0.3 is 12.1 Å². The summed E-state index contributed by atoms with van der Waals surface area (Å²) >= 11 is 0. The van der Waals surface area contributed by atoms with Crippen molar-refractivity contribution < 1.29 is 27.5 Å². The number of unbranched alkanes of at least 4 members (excludes halogenated alkanes) is 5. The highest BCUT2D eigenvalue weighted by Gasteiger charge is 2.49. The molecule has 0 fully saturated rings. The van der Waals surface area contributed by atoms with Crippen LogP contribution in [0.15, 0.2) is 0 Å². The van der Waals surface area contributed by atoms with E-state index in [1.807, 2.05) is 0 Å². The Morgan fingerprint density at radius 2 is 1.58 bits per heavy atom. The van der Waals surface area contributed by atoms with Gasteiger partial charge in [0.15, 0.2) is 5.78 Å². The summed E-state index contributed by atoms with van der Waals surface area (Å²) in [5.41, 5.74) is 0. The second kappa shape index (κ2) is 8.93. The van der Waals surface area contributed by atoms with Crippen molar-refractivity contribution in [3.8, 4) is 0 Å². The number of Topliss-reactive ketones (excluding diaryl/α,β-unsaturated/α-hetero) is 1. The van der Waals surface area contributed by atoms with Crippen molar-refractivity contribution in [2.24, 2.45) is 5.92 Å². The Hall–Kier alpha value is -1.07. The van der Waals surface area contributed by atoms with E-state index in [4.69, 9.17) is 0 Å². The van der Waals surface area contributed by atoms with Crippen LogP contribution in [0.5, 0.6) is 0 Å². The summed E-state index contributed by atoms with van der Waals surface area (Å²) in [6.07, 6.45) is 0.747. The normalized spacial score (nSPS) is 13.1. The molecule has 0 radical (unpaired) electrons. The molecule has 0 aromatic carbocycles. The minimum atomic E-state index is -4.87. The van der Waals surface area contributed by atoms with Gasteiger partial charge in [0.1, 0.15) is 0 Å². The number of ketones is 1. The molecule has 1 unspecified atom stereocenters. The van der Waals surface area contributed by atoms with Crippen LogP contribution in [0.1, 0.15) is 52.4 Å². The quantitative estimate of drug-likeness (QED) is 0.368. The number of esters is 1. The van der Waals surface area contributed by atoms with Crippen molar-refractivity contribution in [2.75, 3.05) is 6.61 Å². The van der Waals surface area contributed by atoms with Gasteiger partial charge in [0, 0.05) is 0 Å². The Morgan fingerprint density at radius 1 is 1.05 bits per heavy atom. The standard InChI is InChI=1S/C13H21F3O3/c1-3-4-5-6-7-8-9-19-12(18)11(10(2)17)13(14,15)16/h11H,3-9H2,1-2H3. The fourth-order valence-electron chi connectivity index (χ4n) is 1.67. The van der Waals surface area contributed by atoms with E-state index in [-0.39, 0.29) is 6.61 Å². The molecule has 0 saturated carbocycles. The Bertz CT molecular complexity index is 287. The maximum atomic E-state index is 12.4. The van der Waals surface area contributed by atoms with Crippen molar-refractivity contribution >= 4 is 11.8 Å². The molecule has 112 valence electrons. The summed E-state index contributed by atoms with van der Waals surface area (Å²) in [5.74, 6) is -5.37. The van der Waals surface area contributed by atoms with Crippen LogP contribution < -0.4 is 0 Å². The van der Waals surface area contributed by atoms with Crippen LogP contribution in [0, 0.1) is 5.92 Å². The first kappa shape index (κ1) is 17.9. The Kier molecular flexibility index (Phi) is 8.43. The van der Waals surface area contributed by atoms with E-state index in [0.717, 1.165) is 39.0 Å². The predicted octanol–water partition coefficient (Wildman–Crippen LogP) is 3.66. The molecule has 0 rings (SSSR count). The molecule has 6 heteroatoms. The summed E-state index contributed by atoms with van der Waals surface area (Å²) in [7, 11) is 0. The SMILES string of the molecule is CCCCCCCCOC(=O)C(C(C)=O)C(F)(F)F. The molecule has 0 amide bonds. The highest BCUT2D eigenvalue weighted by molar-refractivity contribution is 5.98. The van der Waals surface area contributed by atoms with Crippen LogP contribution in [0.4, 0.5) is 13.2 Å². The Labute approximate surface area is 111 Å². The largest absolute Gasteiger partial charge is 0.465 e. The van der Waals surface area contributed by atoms with E-state index in [0.29, 0.717) is 6.42 Å². The molecule has 0 aromatic heterocycles. The van der Waals surface area contributed by atoms with Crippen LogP contribution in [-0.2, 0) is 14.3 Å². The smallest absolute Gasteiger partial charge is 0.409 e. The summed E-state index contributed by atoms with van der Waals surface area (Å²) in [5, 5.41) is 0. The van der Waals surface area contributed by atoms with E-state index in [1.54, 1.807) is 0 Å². The third-order valence-electron chi connectivity index (χ3n) is 2.71. The fourth-order valence-corrected chi connectivity index (χ4v) is 1.67. The molecule has 0 N–H and O–H groups in total. The second-order valence-corrected chi connectivity index (χ2v) is 4.52. The number of rotatable bonds is 9. The molecule has 0 saturated heterocycles. The van der Waals surface area contributed by atoms with Gasteiger partial charge in [0.25, 0.3) is 0 Å². The highest BCUT2D eigenvalue weighted by atomic mass is 19.4. The molecule has 0 aromatic rings. The van der Waals surface area contributed by atoms with E-state index < -0.39 is 23.8 Å². The molecule has 1 atom stereocenters. The number of ether oxygens (including phenoxy) is 1. The lowest BCUT2D eigenvalue weighted by molar-refractivity contribution is -0.197. The zero-order valence-corrected chi connectivity index (χ0v) is 11.4. The molecule has 3 nitrogen and oxygen atoms in total. The average Bonchev–Trinajstić information content (AvgIpc) is 2.25. The van der Waals surface area contributed by atoms with Crippen LogP contribution in [-0.4, -0.2) is 24.5 Å². The first-order valence-electron chi connectivity index (χ1n) is 6.54. The van der Waals surface area contributed by atoms with E-state index in [2.05, 4.69) is 11.7 Å². The van der Waals surface area contributed by atoms with Crippen molar-refractivity contribution in [2.45, 2.75) is 58.5 Å². The Morgan fingerprint density at radius 3 is 2.05 bits per heavy atom. The molecule has 0 aliphatic heterocycles. The van der Waals surface area contributed by atoms with Gasteiger partial charge in [-0.15, -0.1) is 0 Å². The fraction of sp³-hybridized carbons (Fsp3) is 0.846. The zero-order valence-electron chi connectivity index (χ0n) is 11.4. The number of carbonyl (C=O) groups excluding carboxylic acids is 2. The lowest BCUT2D eigenvalue weighted by atomic mass is 10.1. The third kappa shape index (κ3) is 7.85. The predicted molar refractivity (Wildman–Crippen MR) is 64.6 cm³/mol. The summed E-state index contributed by atoms with van der Waals surface area (Å²) in [6, 6.07) is 0. The van der Waals surface area contributed by atoms with Gasteiger partial charge in [-0.05, 0) is 13.3 Å². The Balaban J connectivity index is 3.93. The highest BCUT2D eigenvalue weighted by Crippen LogP contribution is 2.28. The van der Waals surface area contributed by atoms with Crippen molar-refractivity contribution in [3.63, 3.8) is 0 Å². The molecular weight excluding hydrogens is 261 g/mol. The third-order valence-corrected chi connectivity index (χ3v) is 2.71. The average molecular weight is 282 g/mol. The van der Waals surface area contributed by atoms with Gasteiger partial charge in [-0.25, -0.2) is 0 Å². The van der Waals surface area contributed by atoms with Crippen LogP contribution in [0.25, 0.3) is 0 Å². The molecule has 0 heterocycles. The maximum absolute atomic E-state index is 12.4. The molecule has 19 heavy (non-hydrogen) atoms. The number of hydrogen-bond acceptors (Lipinski definition) is 3. The van der Waals surface area contributed by atoms with E-state index in [9.17, 15) is 22.8 Å². The van der Waals surface area contributed by atoms with E-state index >= 15 is 0 Å². The molecule has 0 aliphatic carbocycles. The molecule has 0 bridgehead atoms. The second-order valence-electron chi connectivity index (χ2n) is 4.52. The summed E-state index contributed by atoms with van der Waals surface area (Å²) < 4.78 is 41.8. The minimum absolute atomic E-state index is 0.0647. The van der Waals surface area contributed by atoms with Crippen molar-refractivity contribution in [3.05, 3.63) is 0 Å². The van der Waals surface area contributed by atoms with E-state index in [1.165, 1.54) is 0 Å². The topological polar surface area (TPSA) is 43.4 Å². The van der Waals surface area contributed by atoms with Gasteiger partial charge in [0.05, 0.1) is 6.61 Å². The van der Waals surface area contributed by atoms with Gasteiger partial charge in [-0.2, -0.15) is 13.2 Å². The molecule has 0 spiro atoms. The number of hydrogen-bond donors (Lipinski definition) is 0. The number of halogens is 3. The van der Waals surface area contributed by atoms with Gasteiger partial charge in [0.2, 0.25) is 5.92 Å². The summed E-state index contributed by atoms with van der Waals surface area (Å²) in [6.45, 7) is 2.76. The first-order valence-corrected chi connectivity index (χ1v) is 6.54. The van der Waals surface area contributed by atoms with Gasteiger partial charge < -0.3 is 4.74 Å². The monoisotopic (exact) mass is 282 g/mol. The minimum Gasteiger partial charge on any atom is -0.465 e.